The molecule has 1 N–H and O–H groups in total. The number of aryl methyl sites for hydroxylation is 1. The van der Waals surface area contributed by atoms with Gasteiger partial charge in [0.1, 0.15) is 0 Å². The molecule has 0 unspecified atom stereocenters. The van der Waals surface area contributed by atoms with E-state index < -0.39 is 11.6 Å². The third-order valence-electron chi connectivity index (χ3n) is 3.89. The van der Waals surface area contributed by atoms with Crippen LogP contribution < -0.4 is 10.3 Å². The molecule has 1 aliphatic heterocycles. The molecule has 1 heterocycles. The summed E-state index contributed by atoms with van der Waals surface area (Å²) in [6.45, 7) is 1.02. The number of carbonyl (C=O) groups is 1. The van der Waals surface area contributed by atoms with Gasteiger partial charge in [0.05, 0.1) is 12.8 Å². The highest BCUT2D eigenvalue weighted by Gasteiger charge is 2.18. The van der Waals surface area contributed by atoms with Gasteiger partial charge in [-0.25, -0.2) is 14.2 Å². The van der Waals surface area contributed by atoms with Gasteiger partial charge in [-0.2, -0.15) is 5.10 Å². The minimum Gasteiger partial charge on any atom is -0.362 e. The number of fused-ring (bicyclic) bond motifs is 1. The molecule has 24 heavy (non-hydrogen) atoms. The molecule has 4 nitrogen and oxygen atoms in total. The molecular formula is C18H17F2N3O. The molecule has 0 fully saturated rings. The Hall–Kier alpha value is -2.76. The molecule has 124 valence electrons. The van der Waals surface area contributed by atoms with E-state index >= 15 is 0 Å². The van der Waals surface area contributed by atoms with E-state index in [0.717, 1.165) is 37.2 Å². The molecule has 0 saturated heterocycles. The summed E-state index contributed by atoms with van der Waals surface area (Å²) in [4.78, 5) is 14.0. The van der Waals surface area contributed by atoms with Gasteiger partial charge < -0.3 is 4.90 Å². The number of anilines is 1. The van der Waals surface area contributed by atoms with Gasteiger partial charge in [0.15, 0.2) is 11.6 Å². The number of para-hydroxylation sites is 1. The molecule has 0 atom stereocenters. The van der Waals surface area contributed by atoms with Gasteiger partial charge in [0.2, 0.25) is 0 Å². The molecular weight excluding hydrogens is 312 g/mol. The maximum absolute atomic E-state index is 13.1. The van der Waals surface area contributed by atoms with Crippen molar-refractivity contribution in [2.24, 2.45) is 5.10 Å². The van der Waals surface area contributed by atoms with Crippen molar-refractivity contribution >= 4 is 17.8 Å². The number of benzene rings is 2. The number of hydrazone groups is 1. The SMILES string of the molecule is O=C(CN1CCCc2ccccc21)N/N=C\c1ccc(F)c(F)c1. The lowest BCUT2D eigenvalue weighted by Crippen LogP contribution is -2.38. The lowest BCUT2D eigenvalue weighted by Gasteiger charge is -2.30. The van der Waals surface area contributed by atoms with Crippen molar-refractivity contribution in [1.29, 1.82) is 0 Å². The molecule has 0 aromatic heterocycles. The van der Waals surface area contributed by atoms with Crippen LogP contribution in [0.15, 0.2) is 47.6 Å². The smallest absolute Gasteiger partial charge is 0.259 e. The Bertz CT molecular complexity index is 777. The van der Waals surface area contributed by atoms with Gasteiger partial charge in [-0.3, -0.25) is 4.79 Å². The fourth-order valence-corrected chi connectivity index (χ4v) is 2.76. The summed E-state index contributed by atoms with van der Waals surface area (Å²) in [6, 6.07) is 11.4. The molecule has 2 aromatic carbocycles. The fraction of sp³-hybridized carbons (Fsp3) is 0.222. The van der Waals surface area contributed by atoms with E-state index in [1.54, 1.807) is 0 Å². The van der Waals surface area contributed by atoms with E-state index in [4.69, 9.17) is 0 Å². The molecule has 3 rings (SSSR count). The number of carbonyl (C=O) groups excluding carboxylic acids is 1. The zero-order chi connectivity index (χ0) is 16.9. The van der Waals surface area contributed by atoms with Crippen molar-refractivity contribution in [2.75, 3.05) is 18.0 Å². The highest BCUT2D eigenvalue weighted by Crippen LogP contribution is 2.26. The molecule has 0 saturated carbocycles. The number of halogens is 2. The molecule has 6 heteroatoms. The van der Waals surface area contributed by atoms with Crippen molar-refractivity contribution in [2.45, 2.75) is 12.8 Å². The average molecular weight is 329 g/mol. The average Bonchev–Trinajstić information content (AvgIpc) is 2.58. The van der Waals surface area contributed by atoms with Crippen LogP contribution in [0.5, 0.6) is 0 Å². The molecule has 2 aromatic rings. The van der Waals surface area contributed by atoms with Crippen molar-refractivity contribution in [3.8, 4) is 0 Å². The van der Waals surface area contributed by atoms with Crippen LogP contribution in [-0.2, 0) is 11.2 Å². The number of amides is 1. The first-order valence-electron chi connectivity index (χ1n) is 7.73. The second kappa shape index (κ2) is 7.21. The van der Waals surface area contributed by atoms with Crippen LogP contribution in [0.25, 0.3) is 0 Å². The minimum atomic E-state index is -0.949. The molecule has 1 aliphatic rings. The highest BCUT2D eigenvalue weighted by atomic mass is 19.2. The lowest BCUT2D eigenvalue weighted by atomic mass is 10.0. The minimum absolute atomic E-state index is 0.201. The Morgan fingerprint density at radius 2 is 2.04 bits per heavy atom. The van der Waals surface area contributed by atoms with E-state index in [1.165, 1.54) is 17.8 Å². The van der Waals surface area contributed by atoms with Crippen molar-refractivity contribution in [3.63, 3.8) is 0 Å². The Morgan fingerprint density at radius 3 is 2.88 bits per heavy atom. The van der Waals surface area contributed by atoms with E-state index in [9.17, 15) is 13.6 Å². The molecule has 0 radical (unpaired) electrons. The van der Waals surface area contributed by atoms with Gasteiger partial charge in [-0.15, -0.1) is 0 Å². The van der Waals surface area contributed by atoms with E-state index in [1.807, 2.05) is 23.1 Å². The Morgan fingerprint density at radius 1 is 1.21 bits per heavy atom. The summed E-state index contributed by atoms with van der Waals surface area (Å²) in [5, 5.41) is 3.79. The fourth-order valence-electron chi connectivity index (χ4n) is 2.76. The highest BCUT2D eigenvalue weighted by molar-refractivity contribution is 5.84. The topological polar surface area (TPSA) is 44.7 Å². The molecule has 1 amide bonds. The van der Waals surface area contributed by atoms with Gasteiger partial charge in [-0.1, -0.05) is 24.3 Å². The number of hydrogen-bond acceptors (Lipinski definition) is 3. The van der Waals surface area contributed by atoms with Crippen LogP contribution in [0.1, 0.15) is 17.5 Å². The number of nitrogens with one attached hydrogen (secondary N) is 1. The quantitative estimate of drug-likeness (QED) is 0.692. The third kappa shape index (κ3) is 3.76. The van der Waals surface area contributed by atoms with E-state index in [0.29, 0.717) is 5.56 Å². The second-order valence-corrected chi connectivity index (χ2v) is 5.62. The Labute approximate surface area is 138 Å². The van der Waals surface area contributed by atoms with Crippen LogP contribution in [0.2, 0.25) is 0 Å². The molecule has 0 spiro atoms. The lowest BCUT2D eigenvalue weighted by molar-refractivity contribution is -0.119. The Kier molecular flexibility index (Phi) is 4.84. The number of hydrogen-bond donors (Lipinski definition) is 1. The maximum Gasteiger partial charge on any atom is 0.259 e. The maximum atomic E-state index is 13.1. The monoisotopic (exact) mass is 329 g/mol. The largest absolute Gasteiger partial charge is 0.362 e. The summed E-state index contributed by atoms with van der Waals surface area (Å²) in [7, 11) is 0. The van der Waals surface area contributed by atoms with Gasteiger partial charge in [-0.05, 0) is 42.2 Å². The zero-order valence-corrected chi connectivity index (χ0v) is 13.0. The van der Waals surface area contributed by atoms with E-state index in [-0.39, 0.29) is 12.5 Å². The first kappa shape index (κ1) is 16.1. The number of rotatable bonds is 4. The first-order chi connectivity index (χ1) is 11.6. The summed E-state index contributed by atoms with van der Waals surface area (Å²) >= 11 is 0. The predicted molar refractivity (Wildman–Crippen MR) is 89.1 cm³/mol. The normalized spacial score (nSPS) is 13.8. The summed E-state index contributed by atoms with van der Waals surface area (Å²) in [5.41, 5.74) is 5.10. The van der Waals surface area contributed by atoms with Crippen molar-refractivity contribution < 1.29 is 13.6 Å². The second-order valence-electron chi connectivity index (χ2n) is 5.62. The Balaban J connectivity index is 1.58. The standard InChI is InChI=1S/C18H17F2N3O/c19-15-8-7-13(10-16(15)20)11-21-22-18(24)12-23-9-3-5-14-4-1-2-6-17(14)23/h1-2,4,6-8,10-11H,3,5,9,12H2,(H,22,24)/b21-11-. The number of nitrogens with zero attached hydrogens (tertiary/aromatic N) is 2. The van der Waals surface area contributed by atoms with Gasteiger partial charge >= 0.3 is 0 Å². The van der Waals surface area contributed by atoms with Crippen molar-refractivity contribution in [3.05, 3.63) is 65.2 Å². The van der Waals surface area contributed by atoms with Crippen LogP contribution in [0, 0.1) is 11.6 Å². The van der Waals surface area contributed by atoms with Gasteiger partial charge in [0.25, 0.3) is 5.91 Å². The van der Waals surface area contributed by atoms with Gasteiger partial charge in [0, 0.05) is 12.2 Å². The van der Waals surface area contributed by atoms with Crippen LogP contribution in [0.3, 0.4) is 0 Å². The third-order valence-corrected chi connectivity index (χ3v) is 3.89. The van der Waals surface area contributed by atoms with Crippen LogP contribution >= 0.6 is 0 Å². The van der Waals surface area contributed by atoms with E-state index in [2.05, 4.69) is 16.6 Å². The molecule has 0 bridgehead atoms. The van der Waals surface area contributed by atoms with Crippen LogP contribution in [-0.4, -0.2) is 25.2 Å². The van der Waals surface area contributed by atoms with Crippen molar-refractivity contribution in [1.82, 2.24) is 5.43 Å². The molecule has 0 aliphatic carbocycles. The summed E-state index contributed by atoms with van der Waals surface area (Å²) < 4.78 is 25.9. The first-order valence-corrected chi connectivity index (χ1v) is 7.73. The van der Waals surface area contributed by atoms with Crippen LogP contribution in [0.4, 0.5) is 14.5 Å². The predicted octanol–water partition coefficient (Wildman–Crippen LogP) is 2.87. The summed E-state index contributed by atoms with van der Waals surface area (Å²) in [6.07, 6.45) is 3.30. The zero-order valence-electron chi connectivity index (χ0n) is 13.0. The summed E-state index contributed by atoms with van der Waals surface area (Å²) in [5.74, 6) is -2.12.